The van der Waals surface area contributed by atoms with Gasteiger partial charge in [-0.05, 0) is 39.0 Å². The smallest absolute Gasteiger partial charge is 0.323 e. The molecule has 0 spiro atoms. The van der Waals surface area contributed by atoms with E-state index >= 15 is 0 Å². The number of carbonyl (C=O) groups is 2. The predicted octanol–water partition coefficient (Wildman–Crippen LogP) is 3.71. The highest BCUT2D eigenvalue weighted by atomic mass is 35.5. The van der Waals surface area contributed by atoms with Crippen molar-refractivity contribution >= 4 is 40.9 Å². The zero-order valence-electron chi connectivity index (χ0n) is 11.4. The number of carboxylic acid groups (broad SMARTS) is 1. The third-order valence-corrected chi connectivity index (χ3v) is 3.07. The fraction of sp³-hybridized carbons (Fsp3) is 0.385. The van der Waals surface area contributed by atoms with Crippen LogP contribution in [0.5, 0.6) is 0 Å². The number of halogens is 2. The zero-order valence-corrected chi connectivity index (χ0v) is 12.9. The first-order chi connectivity index (χ1) is 9.11. The molecule has 0 aliphatic heterocycles. The van der Waals surface area contributed by atoms with Crippen LogP contribution in [0.3, 0.4) is 0 Å². The number of aliphatic carboxylic acids is 1. The second-order valence-corrected chi connectivity index (χ2v) is 6.05. The molecule has 0 aliphatic carbocycles. The van der Waals surface area contributed by atoms with Crippen molar-refractivity contribution in [2.45, 2.75) is 26.3 Å². The van der Waals surface area contributed by atoms with Crippen molar-refractivity contribution in [2.75, 3.05) is 11.9 Å². The van der Waals surface area contributed by atoms with Crippen LogP contribution in [0.4, 0.5) is 10.5 Å². The van der Waals surface area contributed by atoms with Crippen molar-refractivity contribution in [3.8, 4) is 0 Å². The molecule has 0 radical (unpaired) electrons. The fourth-order valence-electron chi connectivity index (χ4n) is 1.52. The van der Waals surface area contributed by atoms with E-state index < -0.39 is 24.1 Å². The molecule has 0 heterocycles. The Morgan fingerprint density at radius 3 is 2.35 bits per heavy atom. The highest BCUT2D eigenvalue weighted by Crippen LogP contribution is 2.26. The lowest BCUT2D eigenvalue weighted by atomic mass is 10.1. The molecule has 1 rings (SSSR count). The molecule has 1 aromatic rings. The summed E-state index contributed by atoms with van der Waals surface area (Å²) in [5.74, 6) is -1.09. The van der Waals surface area contributed by atoms with Crippen molar-refractivity contribution in [3.63, 3.8) is 0 Å². The molecule has 0 fully saturated rings. The number of nitrogens with zero attached hydrogens (tertiary/aromatic N) is 1. The van der Waals surface area contributed by atoms with Gasteiger partial charge in [0.05, 0.1) is 10.7 Å². The molecule has 0 saturated carbocycles. The molecule has 110 valence electrons. The Balaban J connectivity index is 2.93. The van der Waals surface area contributed by atoms with Crippen LogP contribution in [0.1, 0.15) is 20.8 Å². The van der Waals surface area contributed by atoms with Gasteiger partial charge in [0.1, 0.15) is 6.54 Å². The second kappa shape index (κ2) is 6.33. The first kappa shape index (κ1) is 16.6. The van der Waals surface area contributed by atoms with Crippen LogP contribution in [0.2, 0.25) is 10.0 Å². The third kappa shape index (κ3) is 4.58. The van der Waals surface area contributed by atoms with Crippen molar-refractivity contribution in [3.05, 3.63) is 28.2 Å². The third-order valence-electron chi connectivity index (χ3n) is 2.52. The Morgan fingerprint density at radius 2 is 1.90 bits per heavy atom. The summed E-state index contributed by atoms with van der Waals surface area (Å²) in [6.45, 7) is 4.84. The number of anilines is 1. The summed E-state index contributed by atoms with van der Waals surface area (Å²) in [5, 5.41) is 12.2. The maximum absolute atomic E-state index is 12.2. The van der Waals surface area contributed by atoms with E-state index in [0.717, 1.165) is 0 Å². The van der Waals surface area contributed by atoms with Gasteiger partial charge in [-0.1, -0.05) is 23.2 Å². The lowest BCUT2D eigenvalue weighted by Crippen LogP contribution is -2.50. The lowest BCUT2D eigenvalue weighted by molar-refractivity contribution is -0.138. The molecule has 2 N–H and O–H groups in total. The average molecular weight is 319 g/mol. The number of nitrogens with one attached hydrogen (secondary N) is 1. The lowest BCUT2D eigenvalue weighted by Gasteiger charge is -2.34. The van der Waals surface area contributed by atoms with E-state index in [9.17, 15) is 9.59 Å². The normalized spacial score (nSPS) is 11.1. The van der Waals surface area contributed by atoms with Crippen LogP contribution < -0.4 is 5.32 Å². The van der Waals surface area contributed by atoms with E-state index in [4.69, 9.17) is 28.3 Å². The minimum absolute atomic E-state index is 0.287. The van der Waals surface area contributed by atoms with Crippen LogP contribution in [-0.2, 0) is 4.79 Å². The van der Waals surface area contributed by atoms with Gasteiger partial charge in [0.15, 0.2) is 0 Å². The largest absolute Gasteiger partial charge is 0.480 e. The number of amides is 2. The summed E-state index contributed by atoms with van der Waals surface area (Å²) >= 11 is 11.7. The second-order valence-electron chi connectivity index (χ2n) is 5.21. The Labute approximate surface area is 127 Å². The monoisotopic (exact) mass is 318 g/mol. The Kier molecular flexibility index (Phi) is 5.25. The van der Waals surface area contributed by atoms with Crippen LogP contribution >= 0.6 is 23.2 Å². The van der Waals surface area contributed by atoms with E-state index in [2.05, 4.69) is 5.32 Å². The van der Waals surface area contributed by atoms with Crippen molar-refractivity contribution in [1.29, 1.82) is 0 Å². The highest BCUT2D eigenvalue weighted by molar-refractivity contribution is 6.36. The number of hydrogen-bond acceptors (Lipinski definition) is 2. The Morgan fingerprint density at radius 1 is 1.30 bits per heavy atom. The topological polar surface area (TPSA) is 69.6 Å². The number of carboxylic acids is 1. The summed E-state index contributed by atoms with van der Waals surface area (Å²) < 4.78 is 0. The summed E-state index contributed by atoms with van der Waals surface area (Å²) in [6, 6.07) is 4.10. The van der Waals surface area contributed by atoms with Gasteiger partial charge in [-0.3, -0.25) is 4.79 Å². The first-order valence-electron chi connectivity index (χ1n) is 5.86. The molecule has 0 aliphatic rings. The van der Waals surface area contributed by atoms with Crippen molar-refractivity contribution in [1.82, 2.24) is 4.90 Å². The fourth-order valence-corrected chi connectivity index (χ4v) is 1.98. The van der Waals surface area contributed by atoms with Gasteiger partial charge in [-0.2, -0.15) is 0 Å². The molecule has 2 amide bonds. The maximum atomic E-state index is 12.2. The standard InChI is InChI=1S/C13H16Cl2N2O3/c1-13(2,3)17(7-11(18)19)12(20)16-10-5-4-8(14)6-9(10)15/h4-6H,7H2,1-3H3,(H,16,20)(H,18,19). The minimum Gasteiger partial charge on any atom is -0.480 e. The Hall–Kier alpha value is -1.46. The SMILES string of the molecule is CC(C)(C)N(CC(=O)O)C(=O)Nc1ccc(Cl)cc1Cl. The van der Waals surface area contributed by atoms with Gasteiger partial charge in [-0.15, -0.1) is 0 Å². The number of hydrogen-bond donors (Lipinski definition) is 2. The van der Waals surface area contributed by atoms with Gasteiger partial charge in [-0.25, -0.2) is 4.79 Å². The van der Waals surface area contributed by atoms with Gasteiger partial charge >= 0.3 is 12.0 Å². The molecular formula is C13H16Cl2N2O3. The molecule has 7 heteroatoms. The van der Waals surface area contributed by atoms with Crippen LogP contribution in [0, 0.1) is 0 Å². The van der Waals surface area contributed by atoms with Crippen molar-refractivity contribution in [2.24, 2.45) is 0 Å². The molecule has 0 atom stereocenters. The average Bonchev–Trinajstić information content (AvgIpc) is 2.28. The molecule has 5 nitrogen and oxygen atoms in total. The van der Waals surface area contributed by atoms with E-state index in [1.165, 1.54) is 11.0 Å². The van der Waals surface area contributed by atoms with Crippen molar-refractivity contribution < 1.29 is 14.7 Å². The number of urea groups is 1. The van der Waals surface area contributed by atoms with Gasteiger partial charge < -0.3 is 15.3 Å². The zero-order chi connectivity index (χ0) is 15.5. The van der Waals surface area contributed by atoms with Gasteiger partial charge in [0.25, 0.3) is 0 Å². The van der Waals surface area contributed by atoms with E-state index in [1.54, 1.807) is 32.9 Å². The van der Waals surface area contributed by atoms with Gasteiger partial charge in [0.2, 0.25) is 0 Å². The molecule has 20 heavy (non-hydrogen) atoms. The molecular weight excluding hydrogens is 303 g/mol. The molecule has 0 unspecified atom stereocenters. The maximum Gasteiger partial charge on any atom is 0.323 e. The summed E-state index contributed by atoms with van der Waals surface area (Å²) in [4.78, 5) is 24.3. The van der Waals surface area contributed by atoms with Gasteiger partial charge in [0, 0.05) is 10.6 Å². The van der Waals surface area contributed by atoms with E-state index in [0.29, 0.717) is 10.7 Å². The minimum atomic E-state index is -1.09. The predicted molar refractivity (Wildman–Crippen MR) is 79.6 cm³/mol. The van der Waals surface area contributed by atoms with E-state index in [-0.39, 0.29) is 5.02 Å². The van der Waals surface area contributed by atoms with Crippen LogP contribution in [-0.4, -0.2) is 34.1 Å². The quantitative estimate of drug-likeness (QED) is 0.892. The van der Waals surface area contributed by atoms with Crippen LogP contribution in [0.25, 0.3) is 0 Å². The summed E-state index contributed by atoms with van der Waals surface area (Å²) in [7, 11) is 0. The molecule has 0 bridgehead atoms. The van der Waals surface area contributed by atoms with E-state index in [1.807, 2.05) is 0 Å². The number of benzene rings is 1. The summed E-state index contributed by atoms with van der Waals surface area (Å²) in [5.41, 5.74) is -0.262. The van der Waals surface area contributed by atoms with Crippen LogP contribution in [0.15, 0.2) is 18.2 Å². The number of carbonyl (C=O) groups excluding carboxylic acids is 1. The molecule has 1 aromatic carbocycles. The molecule has 0 aromatic heterocycles. The number of rotatable bonds is 3. The highest BCUT2D eigenvalue weighted by Gasteiger charge is 2.28. The molecule has 0 saturated heterocycles. The summed E-state index contributed by atoms with van der Waals surface area (Å²) in [6.07, 6.45) is 0. The first-order valence-corrected chi connectivity index (χ1v) is 6.62. The Bertz CT molecular complexity index is 527.